The zero-order chi connectivity index (χ0) is 13.2. The molecule has 0 aliphatic rings. The van der Waals surface area contributed by atoms with E-state index in [0.29, 0.717) is 0 Å². The van der Waals surface area contributed by atoms with Crippen LogP contribution >= 0.6 is 35.7 Å². The van der Waals surface area contributed by atoms with Gasteiger partial charge in [0.05, 0.1) is 19.3 Å². The van der Waals surface area contributed by atoms with Crippen LogP contribution in [0.4, 0.5) is 0 Å². The summed E-state index contributed by atoms with van der Waals surface area (Å²) in [5, 5.41) is 10.8. The van der Waals surface area contributed by atoms with Gasteiger partial charge in [0.2, 0.25) is 0 Å². The topological polar surface area (TPSA) is 54.2 Å². The molecule has 2 N–H and O–H groups in total. The summed E-state index contributed by atoms with van der Waals surface area (Å²) in [6, 6.07) is 0. The summed E-state index contributed by atoms with van der Waals surface area (Å²) in [4.78, 5) is 4.48. The van der Waals surface area contributed by atoms with Crippen molar-refractivity contribution in [3.8, 4) is 0 Å². The molecule has 1 rings (SSSR count). The highest BCUT2D eigenvalue weighted by Crippen LogP contribution is 1.93. The van der Waals surface area contributed by atoms with E-state index >= 15 is 0 Å². The van der Waals surface area contributed by atoms with Crippen LogP contribution in [0.3, 0.4) is 0 Å². The van der Waals surface area contributed by atoms with Crippen LogP contribution in [0.2, 0.25) is 0 Å². The summed E-state index contributed by atoms with van der Waals surface area (Å²) < 4.78 is 1.94. The fourth-order valence-electron chi connectivity index (χ4n) is 1.47. The highest BCUT2D eigenvalue weighted by molar-refractivity contribution is 14.0. The Hall–Kier alpha value is -0.440. The van der Waals surface area contributed by atoms with E-state index in [4.69, 9.17) is 0 Å². The van der Waals surface area contributed by atoms with Gasteiger partial charge in [0.1, 0.15) is 0 Å². The van der Waals surface area contributed by atoms with Crippen molar-refractivity contribution in [2.45, 2.75) is 20.4 Å². The Kier molecular flexibility index (Phi) is 11.1. The molecular formula is C12H24IN5S. The number of halogens is 1. The van der Waals surface area contributed by atoms with E-state index in [1.165, 1.54) is 5.56 Å². The van der Waals surface area contributed by atoms with Gasteiger partial charge in [-0.1, -0.05) is 0 Å². The quantitative estimate of drug-likeness (QED) is 0.319. The van der Waals surface area contributed by atoms with E-state index in [1.807, 2.05) is 35.8 Å². The molecule has 110 valence electrons. The molecule has 1 aromatic rings. The van der Waals surface area contributed by atoms with Gasteiger partial charge in [0.15, 0.2) is 5.96 Å². The molecule has 0 unspecified atom stereocenters. The van der Waals surface area contributed by atoms with Crippen molar-refractivity contribution in [2.75, 3.05) is 31.6 Å². The van der Waals surface area contributed by atoms with Crippen molar-refractivity contribution in [1.82, 2.24) is 20.4 Å². The lowest BCUT2D eigenvalue weighted by atomic mass is 10.4. The van der Waals surface area contributed by atoms with E-state index in [0.717, 1.165) is 37.9 Å². The monoisotopic (exact) mass is 397 g/mol. The molecule has 1 aromatic heterocycles. The average Bonchev–Trinajstić information content (AvgIpc) is 2.75. The van der Waals surface area contributed by atoms with Crippen LogP contribution in [0.1, 0.15) is 12.5 Å². The van der Waals surface area contributed by atoms with Crippen molar-refractivity contribution in [2.24, 2.45) is 4.99 Å². The van der Waals surface area contributed by atoms with Crippen LogP contribution in [0.5, 0.6) is 0 Å². The van der Waals surface area contributed by atoms with Crippen molar-refractivity contribution in [1.29, 1.82) is 0 Å². The van der Waals surface area contributed by atoms with Gasteiger partial charge >= 0.3 is 0 Å². The number of nitrogens with zero attached hydrogens (tertiary/aromatic N) is 3. The van der Waals surface area contributed by atoms with Gasteiger partial charge in [0.25, 0.3) is 0 Å². The molecule has 0 fully saturated rings. The fourth-order valence-corrected chi connectivity index (χ4v) is 1.74. The predicted molar refractivity (Wildman–Crippen MR) is 94.7 cm³/mol. The highest BCUT2D eigenvalue weighted by atomic mass is 127. The third-order valence-electron chi connectivity index (χ3n) is 2.31. The van der Waals surface area contributed by atoms with E-state index in [2.05, 4.69) is 33.9 Å². The summed E-state index contributed by atoms with van der Waals surface area (Å²) in [5.74, 6) is 1.94. The Morgan fingerprint density at radius 3 is 2.84 bits per heavy atom. The zero-order valence-electron chi connectivity index (χ0n) is 11.8. The molecule has 0 amide bonds. The van der Waals surface area contributed by atoms with Gasteiger partial charge in [-0.3, -0.25) is 9.67 Å². The average molecular weight is 397 g/mol. The number of nitrogens with one attached hydrogen (secondary N) is 2. The maximum Gasteiger partial charge on any atom is 0.191 e. The first-order chi connectivity index (χ1) is 8.76. The van der Waals surface area contributed by atoms with E-state index in [9.17, 15) is 0 Å². The Bertz CT molecular complexity index is 367. The molecule has 0 atom stereocenters. The van der Waals surface area contributed by atoms with Crippen molar-refractivity contribution < 1.29 is 0 Å². The van der Waals surface area contributed by atoms with Crippen LogP contribution in [0, 0.1) is 6.92 Å². The summed E-state index contributed by atoms with van der Waals surface area (Å²) in [6.07, 6.45) is 6.01. The third kappa shape index (κ3) is 8.35. The Morgan fingerprint density at radius 1 is 1.47 bits per heavy atom. The minimum atomic E-state index is 0. The van der Waals surface area contributed by atoms with Gasteiger partial charge in [-0.05, 0) is 25.7 Å². The Balaban J connectivity index is 0.00000324. The van der Waals surface area contributed by atoms with Gasteiger partial charge in [-0.2, -0.15) is 16.9 Å². The molecule has 0 saturated carbocycles. The largest absolute Gasteiger partial charge is 0.357 e. The molecule has 7 heteroatoms. The predicted octanol–water partition coefficient (Wildman–Crippen LogP) is 1.73. The lowest BCUT2D eigenvalue weighted by Gasteiger charge is -2.11. The first-order valence-corrected chi connectivity index (χ1v) is 7.65. The molecule has 0 saturated heterocycles. The van der Waals surface area contributed by atoms with Crippen molar-refractivity contribution in [3.63, 3.8) is 0 Å². The minimum Gasteiger partial charge on any atom is -0.357 e. The molecular weight excluding hydrogens is 373 g/mol. The van der Waals surface area contributed by atoms with Crippen LogP contribution in [-0.2, 0) is 6.54 Å². The second-order valence-corrected chi connectivity index (χ2v) is 4.95. The molecule has 0 aliphatic heterocycles. The third-order valence-corrected chi connectivity index (χ3v) is 2.90. The summed E-state index contributed by atoms with van der Waals surface area (Å²) in [7, 11) is 0. The number of aryl methyl sites for hydroxylation is 1. The number of hydrogen-bond acceptors (Lipinski definition) is 3. The zero-order valence-corrected chi connectivity index (χ0v) is 15.0. The molecule has 0 radical (unpaired) electrons. The second-order valence-electron chi connectivity index (χ2n) is 3.96. The summed E-state index contributed by atoms with van der Waals surface area (Å²) >= 11 is 1.81. The standard InChI is InChI=1S/C12H23N5S.HI/c1-4-13-12(15-6-8-18-3)14-5-7-17-10-11(2)9-16-17;/h9-10H,4-8H2,1-3H3,(H2,13,14,15);1H. The van der Waals surface area contributed by atoms with Crippen LogP contribution in [0.15, 0.2) is 17.4 Å². The maximum atomic E-state index is 4.48. The van der Waals surface area contributed by atoms with Gasteiger partial charge in [-0.25, -0.2) is 0 Å². The van der Waals surface area contributed by atoms with Crippen molar-refractivity contribution in [3.05, 3.63) is 18.0 Å². The van der Waals surface area contributed by atoms with Crippen LogP contribution in [0.25, 0.3) is 0 Å². The molecule has 0 aliphatic carbocycles. The number of aromatic nitrogens is 2. The molecule has 0 bridgehead atoms. The second kappa shape index (κ2) is 11.4. The first kappa shape index (κ1) is 18.6. The lowest BCUT2D eigenvalue weighted by molar-refractivity contribution is 0.598. The number of hydrogen-bond donors (Lipinski definition) is 2. The number of rotatable bonds is 7. The van der Waals surface area contributed by atoms with E-state index in [1.54, 1.807) is 0 Å². The SMILES string of the molecule is CCNC(=NCCSC)NCCn1cc(C)cn1.I. The van der Waals surface area contributed by atoms with Gasteiger partial charge in [0, 0.05) is 25.0 Å². The number of guanidine groups is 1. The molecule has 5 nitrogen and oxygen atoms in total. The maximum absolute atomic E-state index is 4.48. The Labute approximate surface area is 137 Å². The summed E-state index contributed by atoms with van der Waals surface area (Å²) in [5.41, 5.74) is 1.19. The highest BCUT2D eigenvalue weighted by Gasteiger charge is 1.97. The van der Waals surface area contributed by atoms with E-state index in [-0.39, 0.29) is 24.0 Å². The lowest BCUT2D eigenvalue weighted by Crippen LogP contribution is -2.39. The molecule has 0 aromatic carbocycles. The first-order valence-electron chi connectivity index (χ1n) is 6.26. The summed E-state index contributed by atoms with van der Waals surface area (Å²) in [6.45, 7) is 7.52. The molecule has 1 heterocycles. The molecule has 19 heavy (non-hydrogen) atoms. The van der Waals surface area contributed by atoms with Gasteiger partial charge < -0.3 is 10.6 Å². The minimum absolute atomic E-state index is 0. The van der Waals surface area contributed by atoms with E-state index < -0.39 is 0 Å². The van der Waals surface area contributed by atoms with Crippen LogP contribution < -0.4 is 10.6 Å². The molecule has 0 spiro atoms. The van der Waals surface area contributed by atoms with Gasteiger partial charge in [-0.15, -0.1) is 24.0 Å². The Morgan fingerprint density at radius 2 is 2.26 bits per heavy atom. The fraction of sp³-hybridized carbons (Fsp3) is 0.667. The van der Waals surface area contributed by atoms with Crippen LogP contribution in [-0.4, -0.2) is 47.4 Å². The number of thioether (sulfide) groups is 1. The van der Waals surface area contributed by atoms with Crippen molar-refractivity contribution >= 4 is 41.7 Å². The normalized spacial score (nSPS) is 11.0. The smallest absolute Gasteiger partial charge is 0.191 e. The number of aliphatic imine (C=N–C) groups is 1.